The lowest BCUT2D eigenvalue weighted by atomic mass is 10.1. The van der Waals surface area contributed by atoms with Crippen molar-refractivity contribution in [2.45, 2.75) is 7.85 Å². The average Bonchev–Trinajstić information content (AvgIpc) is 2.05. The summed E-state index contributed by atoms with van der Waals surface area (Å²) in [6, 6.07) is 9.64. The Morgan fingerprint density at radius 2 is 1.85 bits per heavy atom. The molecular formula is C9H8I2O2. The molecule has 1 aromatic carbocycles. The Morgan fingerprint density at radius 1 is 1.31 bits per heavy atom. The zero-order chi connectivity index (χ0) is 9.90. The van der Waals surface area contributed by atoms with Gasteiger partial charge in [-0.2, -0.15) is 0 Å². The molecule has 70 valence electrons. The van der Waals surface area contributed by atoms with Crippen LogP contribution in [0.25, 0.3) is 0 Å². The van der Waals surface area contributed by atoms with Gasteiger partial charge in [0.1, 0.15) is 0 Å². The molecule has 0 aromatic heterocycles. The molecule has 0 bridgehead atoms. The summed E-state index contributed by atoms with van der Waals surface area (Å²) in [5, 5.41) is 8.89. The normalized spacial score (nSPS) is 11.2. The highest BCUT2D eigenvalue weighted by molar-refractivity contribution is 14.2. The number of benzene rings is 1. The standard InChI is InChI=1S/C9H8I2O2/c10-9(11,8(12)13)6-7-4-2-1-3-5-7/h1-5H,6H2,(H,12,13). The van der Waals surface area contributed by atoms with E-state index in [0.29, 0.717) is 6.42 Å². The Balaban J connectivity index is 2.75. The van der Waals surface area contributed by atoms with Crippen LogP contribution < -0.4 is 0 Å². The Hall–Kier alpha value is 0.150. The lowest BCUT2D eigenvalue weighted by Crippen LogP contribution is -2.26. The zero-order valence-corrected chi connectivity index (χ0v) is 11.0. The van der Waals surface area contributed by atoms with E-state index in [9.17, 15) is 4.79 Å². The summed E-state index contributed by atoms with van der Waals surface area (Å²) < 4.78 is -0.739. The van der Waals surface area contributed by atoms with E-state index in [1.807, 2.05) is 75.5 Å². The SMILES string of the molecule is O=C(O)C(I)(I)Cc1ccccc1. The summed E-state index contributed by atoms with van der Waals surface area (Å²) in [6.45, 7) is 0. The average molecular weight is 402 g/mol. The number of rotatable bonds is 3. The number of aliphatic carboxylic acids is 1. The highest BCUT2D eigenvalue weighted by Gasteiger charge is 2.31. The van der Waals surface area contributed by atoms with Gasteiger partial charge in [-0.15, -0.1) is 0 Å². The molecule has 0 aliphatic rings. The third-order valence-electron chi connectivity index (χ3n) is 1.58. The molecule has 1 rings (SSSR count). The van der Waals surface area contributed by atoms with Gasteiger partial charge in [-0.3, -0.25) is 0 Å². The molecule has 0 fully saturated rings. The van der Waals surface area contributed by atoms with Gasteiger partial charge < -0.3 is 5.11 Å². The number of carboxylic acids is 1. The first-order valence-corrected chi connectivity index (χ1v) is 5.83. The molecule has 0 spiro atoms. The zero-order valence-electron chi connectivity index (χ0n) is 6.71. The Bertz CT molecular complexity index is 296. The van der Waals surface area contributed by atoms with Gasteiger partial charge in [-0.1, -0.05) is 75.5 Å². The van der Waals surface area contributed by atoms with Gasteiger partial charge in [-0.05, 0) is 5.56 Å². The third-order valence-corrected chi connectivity index (χ3v) is 3.27. The Morgan fingerprint density at radius 3 is 2.31 bits per heavy atom. The van der Waals surface area contributed by atoms with Crippen molar-refractivity contribution in [3.63, 3.8) is 0 Å². The van der Waals surface area contributed by atoms with Gasteiger partial charge in [0.2, 0.25) is 0 Å². The van der Waals surface area contributed by atoms with Crippen LogP contribution in [0, 0.1) is 0 Å². The van der Waals surface area contributed by atoms with Crippen molar-refractivity contribution >= 4 is 51.2 Å². The minimum absolute atomic E-state index is 0.546. The maximum Gasteiger partial charge on any atom is 0.330 e. The van der Waals surface area contributed by atoms with Crippen molar-refractivity contribution in [2.75, 3.05) is 0 Å². The monoisotopic (exact) mass is 402 g/mol. The largest absolute Gasteiger partial charge is 0.480 e. The van der Waals surface area contributed by atoms with Gasteiger partial charge in [0.05, 0.1) is 0 Å². The maximum absolute atomic E-state index is 10.8. The molecular weight excluding hydrogens is 394 g/mol. The first-order valence-electron chi connectivity index (χ1n) is 3.67. The third kappa shape index (κ3) is 3.41. The first kappa shape index (κ1) is 11.2. The molecule has 0 saturated carbocycles. The number of hydrogen-bond acceptors (Lipinski definition) is 1. The number of alkyl halides is 2. The van der Waals surface area contributed by atoms with Gasteiger partial charge >= 0.3 is 5.97 Å². The number of carbonyl (C=O) groups is 1. The topological polar surface area (TPSA) is 37.3 Å². The van der Waals surface area contributed by atoms with E-state index in [-0.39, 0.29) is 0 Å². The van der Waals surface area contributed by atoms with Crippen LogP contribution in [0.3, 0.4) is 0 Å². The van der Waals surface area contributed by atoms with Crippen LogP contribution >= 0.6 is 45.2 Å². The Labute approximate surface area is 104 Å². The van der Waals surface area contributed by atoms with Crippen LogP contribution in [0.4, 0.5) is 0 Å². The predicted octanol–water partition coefficient (Wildman–Crippen LogP) is 2.88. The second-order valence-corrected chi connectivity index (χ2v) is 8.42. The van der Waals surface area contributed by atoms with E-state index >= 15 is 0 Å². The lowest BCUT2D eigenvalue weighted by molar-refractivity contribution is -0.136. The number of hydrogen-bond donors (Lipinski definition) is 1. The number of carboxylic acid groups (broad SMARTS) is 1. The molecule has 2 nitrogen and oxygen atoms in total. The fraction of sp³-hybridized carbons (Fsp3) is 0.222. The van der Waals surface area contributed by atoms with Gasteiger partial charge in [0, 0.05) is 6.42 Å². The molecule has 0 saturated heterocycles. The van der Waals surface area contributed by atoms with Crippen molar-refractivity contribution in [2.24, 2.45) is 0 Å². The first-order chi connectivity index (χ1) is 6.02. The second kappa shape index (κ2) is 4.59. The van der Waals surface area contributed by atoms with Crippen LogP contribution in [0.1, 0.15) is 5.56 Å². The summed E-state index contributed by atoms with van der Waals surface area (Å²) >= 11 is 3.91. The molecule has 0 aliphatic carbocycles. The lowest BCUT2D eigenvalue weighted by Gasteiger charge is -2.14. The van der Waals surface area contributed by atoms with Gasteiger partial charge in [0.15, 0.2) is 1.43 Å². The van der Waals surface area contributed by atoms with E-state index in [1.54, 1.807) is 0 Å². The van der Waals surface area contributed by atoms with E-state index in [0.717, 1.165) is 5.56 Å². The fourth-order valence-corrected chi connectivity index (χ4v) is 1.81. The van der Waals surface area contributed by atoms with Gasteiger partial charge in [-0.25, -0.2) is 4.79 Å². The van der Waals surface area contributed by atoms with Gasteiger partial charge in [0.25, 0.3) is 0 Å². The highest BCUT2D eigenvalue weighted by atomic mass is 127. The molecule has 0 heterocycles. The summed E-state index contributed by atoms with van der Waals surface area (Å²) in [4.78, 5) is 10.8. The van der Waals surface area contributed by atoms with E-state index < -0.39 is 7.40 Å². The summed E-state index contributed by atoms with van der Waals surface area (Å²) in [5.41, 5.74) is 1.05. The number of halogens is 2. The van der Waals surface area contributed by atoms with Crippen LogP contribution in [0.2, 0.25) is 0 Å². The summed E-state index contributed by atoms with van der Waals surface area (Å²) in [6.07, 6.45) is 0.546. The molecule has 0 atom stereocenters. The molecule has 13 heavy (non-hydrogen) atoms. The quantitative estimate of drug-likeness (QED) is 0.624. The van der Waals surface area contributed by atoms with Crippen molar-refractivity contribution in [3.8, 4) is 0 Å². The second-order valence-electron chi connectivity index (χ2n) is 2.67. The summed E-state index contributed by atoms with van der Waals surface area (Å²) in [5.74, 6) is -0.780. The predicted molar refractivity (Wildman–Crippen MR) is 68.6 cm³/mol. The molecule has 4 heteroatoms. The minimum atomic E-state index is -0.780. The van der Waals surface area contributed by atoms with Crippen LogP contribution in [0.5, 0.6) is 0 Å². The Kier molecular flexibility index (Phi) is 3.96. The van der Waals surface area contributed by atoms with Crippen molar-refractivity contribution in [1.82, 2.24) is 0 Å². The van der Waals surface area contributed by atoms with Crippen LogP contribution in [0.15, 0.2) is 30.3 Å². The van der Waals surface area contributed by atoms with Crippen molar-refractivity contribution in [3.05, 3.63) is 35.9 Å². The van der Waals surface area contributed by atoms with Crippen molar-refractivity contribution < 1.29 is 9.90 Å². The molecule has 0 amide bonds. The fourth-order valence-electron chi connectivity index (χ4n) is 0.928. The highest BCUT2D eigenvalue weighted by Crippen LogP contribution is 2.31. The van der Waals surface area contributed by atoms with Crippen molar-refractivity contribution in [1.29, 1.82) is 0 Å². The summed E-state index contributed by atoms with van der Waals surface area (Å²) in [7, 11) is 0. The molecule has 0 unspecified atom stereocenters. The van der Waals surface area contributed by atoms with E-state index in [2.05, 4.69) is 0 Å². The smallest absolute Gasteiger partial charge is 0.330 e. The molecule has 0 aliphatic heterocycles. The van der Waals surface area contributed by atoms with E-state index in [1.165, 1.54) is 0 Å². The van der Waals surface area contributed by atoms with E-state index in [4.69, 9.17) is 5.11 Å². The molecule has 0 radical (unpaired) electrons. The molecule has 1 aromatic rings. The maximum atomic E-state index is 10.8. The van der Waals surface area contributed by atoms with Crippen LogP contribution in [-0.4, -0.2) is 12.5 Å². The van der Waals surface area contributed by atoms with Crippen LogP contribution in [-0.2, 0) is 11.2 Å². The minimum Gasteiger partial charge on any atom is -0.480 e. The molecule has 1 N–H and O–H groups in total.